The van der Waals surface area contributed by atoms with E-state index in [9.17, 15) is 9.59 Å². The van der Waals surface area contributed by atoms with Gasteiger partial charge in [0, 0.05) is 12.0 Å². The molecule has 226 valence electrons. The van der Waals surface area contributed by atoms with Gasteiger partial charge in [-0.3, -0.25) is 0 Å². The van der Waals surface area contributed by atoms with Crippen LogP contribution in [0.25, 0.3) is 22.2 Å². The summed E-state index contributed by atoms with van der Waals surface area (Å²) in [7, 11) is 0. The molecule has 0 fully saturated rings. The fourth-order valence-corrected chi connectivity index (χ4v) is 5.79. The second-order valence-electron chi connectivity index (χ2n) is 11.5. The van der Waals surface area contributed by atoms with Crippen molar-refractivity contribution in [1.29, 1.82) is 0 Å². The first-order chi connectivity index (χ1) is 20.7. The number of benzene rings is 3. The van der Waals surface area contributed by atoms with Gasteiger partial charge in [-0.15, -0.1) is 0 Å². The number of aromatic nitrogens is 2. The summed E-state index contributed by atoms with van der Waals surface area (Å²) in [5.74, 6) is 1.68. The Morgan fingerprint density at radius 2 is 1.58 bits per heavy atom. The van der Waals surface area contributed by atoms with E-state index in [1.54, 1.807) is 0 Å². The van der Waals surface area contributed by atoms with Gasteiger partial charge in [0.05, 0.1) is 19.6 Å². The maximum atomic E-state index is 12.9. The van der Waals surface area contributed by atoms with Crippen LogP contribution in [0, 0.1) is 0 Å². The maximum Gasteiger partial charge on any atom is 0.407 e. The molecular formula is C34H41N4O5+. The monoisotopic (exact) mass is 585 g/mol. The lowest BCUT2D eigenvalue weighted by Gasteiger charge is -2.19. The van der Waals surface area contributed by atoms with Gasteiger partial charge >= 0.3 is 12.2 Å². The van der Waals surface area contributed by atoms with E-state index >= 15 is 0 Å². The molecular weight excluding hydrogens is 544 g/mol. The fourth-order valence-electron chi connectivity index (χ4n) is 5.79. The number of ether oxygens (including phenoxy) is 3. The average Bonchev–Trinajstić information content (AvgIpc) is 3.47. The minimum atomic E-state index is -0.548. The number of fused-ring (bicyclic) bond motifs is 4. The summed E-state index contributed by atoms with van der Waals surface area (Å²) in [6, 6.07) is 22.6. The molecule has 0 unspecified atom stereocenters. The zero-order valence-corrected chi connectivity index (χ0v) is 25.6. The molecule has 9 heteroatoms. The predicted molar refractivity (Wildman–Crippen MR) is 165 cm³/mol. The number of amides is 2. The van der Waals surface area contributed by atoms with E-state index in [-0.39, 0.29) is 12.5 Å². The molecule has 1 heterocycles. The van der Waals surface area contributed by atoms with E-state index in [2.05, 4.69) is 57.9 Å². The minimum Gasteiger partial charge on any atom is -0.492 e. The van der Waals surface area contributed by atoms with Gasteiger partial charge in [0.2, 0.25) is 0 Å². The van der Waals surface area contributed by atoms with Crippen molar-refractivity contribution in [1.82, 2.24) is 15.2 Å². The SMILES string of the molecule is CCn1c(CNC(=O)OCC2c3ccccc3-c3ccccc32)[n+](CC)c2ccc(OCCNC(=O)OC(C)(C)C)cc21. The molecule has 9 nitrogen and oxygen atoms in total. The molecule has 1 aliphatic rings. The second-order valence-corrected chi connectivity index (χ2v) is 11.5. The molecule has 2 N–H and O–H groups in total. The van der Waals surface area contributed by atoms with Crippen LogP contribution >= 0.6 is 0 Å². The highest BCUT2D eigenvalue weighted by Gasteiger charge is 2.29. The Kier molecular flexibility index (Phi) is 8.89. The Bertz CT molecular complexity index is 1580. The van der Waals surface area contributed by atoms with E-state index in [1.807, 2.05) is 63.2 Å². The van der Waals surface area contributed by atoms with Crippen molar-refractivity contribution in [3.8, 4) is 16.9 Å². The number of carbonyl (C=O) groups excluding carboxylic acids is 2. The average molecular weight is 586 g/mol. The Hall–Kier alpha value is -4.53. The number of hydrogen-bond donors (Lipinski definition) is 2. The largest absolute Gasteiger partial charge is 0.492 e. The summed E-state index contributed by atoms with van der Waals surface area (Å²) < 4.78 is 21.3. The van der Waals surface area contributed by atoms with Crippen LogP contribution in [0.3, 0.4) is 0 Å². The fraction of sp³-hybridized carbons (Fsp3) is 0.382. The van der Waals surface area contributed by atoms with Gasteiger partial charge in [-0.25, -0.2) is 18.7 Å². The van der Waals surface area contributed by atoms with Crippen molar-refractivity contribution >= 4 is 23.2 Å². The third-order valence-corrected chi connectivity index (χ3v) is 7.56. The van der Waals surface area contributed by atoms with Crippen molar-refractivity contribution in [2.45, 2.75) is 65.8 Å². The van der Waals surface area contributed by atoms with Gasteiger partial charge in [-0.2, -0.15) is 0 Å². The summed E-state index contributed by atoms with van der Waals surface area (Å²) in [6.45, 7) is 12.3. The number of carbonyl (C=O) groups is 2. The molecule has 0 bridgehead atoms. The van der Waals surface area contributed by atoms with Gasteiger partial charge in [0.15, 0.2) is 11.0 Å². The molecule has 43 heavy (non-hydrogen) atoms. The predicted octanol–water partition coefficient (Wildman–Crippen LogP) is 5.91. The van der Waals surface area contributed by atoms with E-state index in [1.165, 1.54) is 22.3 Å². The zero-order valence-electron chi connectivity index (χ0n) is 25.6. The number of nitrogens with zero attached hydrogens (tertiary/aromatic N) is 2. The third-order valence-electron chi connectivity index (χ3n) is 7.56. The molecule has 0 radical (unpaired) electrons. The Morgan fingerprint density at radius 1 is 0.907 bits per heavy atom. The lowest BCUT2D eigenvalue weighted by Crippen LogP contribution is -2.40. The van der Waals surface area contributed by atoms with E-state index in [0.717, 1.165) is 29.9 Å². The molecule has 1 aromatic heterocycles. The highest BCUT2D eigenvalue weighted by Crippen LogP contribution is 2.44. The zero-order chi connectivity index (χ0) is 30.6. The number of alkyl carbamates (subject to hydrolysis) is 2. The number of hydrogen-bond acceptors (Lipinski definition) is 5. The van der Waals surface area contributed by atoms with Crippen LogP contribution in [-0.2, 0) is 29.1 Å². The number of aryl methyl sites for hydroxylation is 2. The Balaban J connectivity index is 1.22. The molecule has 5 rings (SSSR count). The summed E-state index contributed by atoms with van der Waals surface area (Å²) in [5, 5.41) is 5.69. The number of nitrogens with one attached hydrogen (secondary N) is 2. The van der Waals surface area contributed by atoms with E-state index < -0.39 is 17.8 Å². The van der Waals surface area contributed by atoms with Crippen molar-refractivity contribution < 1.29 is 28.4 Å². The van der Waals surface area contributed by atoms with Crippen LogP contribution in [0.2, 0.25) is 0 Å². The molecule has 0 spiro atoms. The van der Waals surface area contributed by atoms with Crippen molar-refractivity contribution in [2.75, 3.05) is 19.8 Å². The molecule has 0 saturated heterocycles. The Labute approximate surface area is 252 Å². The van der Waals surface area contributed by atoms with Crippen LogP contribution < -0.4 is 19.9 Å². The summed E-state index contributed by atoms with van der Waals surface area (Å²) in [6.07, 6.45) is -0.914. The van der Waals surface area contributed by atoms with Crippen molar-refractivity contribution in [2.24, 2.45) is 0 Å². The molecule has 1 aliphatic carbocycles. The summed E-state index contributed by atoms with van der Waals surface area (Å²) >= 11 is 0. The van der Waals surface area contributed by atoms with Crippen LogP contribution in [0.15, 0.2) is 66.7 Å². The van der Waals surface area contributed by atoms with Crippen LogP contribution in [0.5, 0.6) is 5.75 Å². The van der Waals surface area contributed by atoms with Gasteiger partial charge in [-0.1, -0.05) is 48.5 Å². The van der Waals surface area contributed by atoms with E-state index in [0.29, 0.717) is 25.4 Å². The molecule has 4 aromatic rings. The van der Waals surface area contributed by atoms with Crippen LogP contribution in [0.1, 0.15) is 57.5 Å². The van der Waals surface area contributed by atoms with Crippen molar-refractivity contribution in [3.05, 3.63) is 83.7 Å². The lowest BCUT2D eigenvalue weighted by molar-refractivity contribution is -0.676. The van der Waals surface area contributed by atoms with Crippen molar-refractivity contribution in [3.63, 3.8) is 0 Å². The smallest absolute Gasteiger partial charge is 0.407 e. The van der Waals surface area contributed by atoms with Crippen LogP contribution in [-0.4, -0.2) is 42.1 Å². The first kappa shape index (κ1) is 29.9. The number of rotatable bonds is 10. The molecule has 0 saturated carbocycles. The highest BCUT2D eigenvalue weighted by atomic mass is 16.6. The molecule has 2 amide bonds. The third kappa shape index (κ3) is 6.61. The van der Waals surface area contributed by atoms with Gasteiger partial charge in [0.25, 0.3) is 5.82 Å². The molecule has 3 aromatic carbocycles. The second kappa shape index (κ2) is 12.8. The van der Waals surface area contributed by atoms with Gasteiger partial charge in [-0.05, 0) is 69.0 Å². The maximum absolute atomic E-state index is 12.9. The topological polar surface area (TPSA) is 94.7 Å². The number of imidazole rings is 1. The Morgan fingerprint density at radius 3 is 2.21 bits per heavy atom. The van der Waals surface area contributed by atoms with Gasteiger partial charge in [0.1, 0.15) is 31.1 Å². The normalized spacial score (nSPS) is 12.5. The van der Waals surface area contributed by atoms with Crippen LogP contribution in [0.4, 0.5) is 9.59 Å². The minimum absolute atomic E-state index is 0.0126. The van der Waals surface area contributed by atoms with E-state index in [4.69, 9.17) is 14.2 Å². The first-order valence-electron chi connectivity index (χ1n) is 14.9. The standard InChI is InChI=1S/C34H40N4O5/c1-6-37-29-17-16-23(41-19-18-35-33(40)43-34(3,4)5)20-30(29)38(7-2)31(37)21-36-32(39)42-22-28-26-14-10-8-12-24(26)25-13-9-11-15-27(25)28/h8-17,20,28H,6-7,18-19,21-22H2,1-5H3,(H-,35,36,39,40)/p+1. The molecule has 0 aliphatic heterocycles. The highest BCUT2D eigenvalue weighted by molar-refractivity contribution is 5.79. The molecule has 0 atom stereocenters. The lowest BCUT2D eigenvalue weighted by atomic mass is 9.98. The summed E-state index contributed by atoms with van der Waals surface area (Å²) in [5.41, 5.74) is 6.28. The quantitative estimate of drug-likeness (QED) is 0.178. The first-order valence-corrected chi connectivity index (χ1v) is 14.9. The summed E-state index contributed by atoms with van der Waals surface area (Å²) in [4.78, 5) is 24.8. The van der Waals surface area contributed by atoms with Gasteiger partial charge < -0.3 is 24.8 Å².